The van der Waals surface area contributed by atoms with E-state index in [1.54, 1.807) is 12.1 Å². The molecule has 0 atom stereocenters. The summed E-state index contributed by atoms with van der Waals surface area (Å²) < 4.78 is 0.903. The van der Waals surface area contributed by atoms with Gasteiger partial charge in [-0.25, -0.2) is 9.97 Å². The summed E-state index contributed by atoms with van der Waals surface area (Å²) in [5.74, 6) is 0.740. The van der Waals surface area contributed by atoms with Crippen molar-refractivity contribution in [2.45, 2.75) is 6.04 Å². The number of amides is 1. The van der Waals surface area contributed by atoms with E-state index in [2.05, 4.69) is 95.1 Å². The van der Waals surface area contributed by atoms with Crippen LogP contribution in [0.1, 0.15) is 27.5 Å². The minimum absolute atomic E-state index is 0.179. The molecule has 1 aliphatic heterocycles. The number of hydrazine groups is 1. The first-order valence-corrected chi connectivity index (χ1v) is 12.9. The zero-order valence-electron chi connectivity index (χ0n) is 20.2. The molecule has 0 unspecified atom stereocenters. The van der Waals surface area contributed by atoms with E-state index in [9.17, 15) is 4.79 Å². The largest absolute Gasteiger partial charge is 0.393 e. The highest BCUT2D eigenvalue weighted by atomic mass is 79.9. The Labute approximate surface area is 224 Å². The van der Waals surface area contributed by atoms with Crippen LogP contribution in [0.4, 0.5) is 17.3 Å². The highest BCUT2D eigenvalue weighted by Gasteiger charge is 2.28. The summed E-state index contributed by atoms with van der Waals surface area (Å²) in [4.78, 5) is 25.8. The van der Waals surface area contributed by atoms with E-state index in [1.807, 2.05) is 24.3 Å². The van der Waals surface area contributed by atoms with Gasteiger partial charge in [0, 0.05) is 36.2 Å². The standard InChI is InChI=1S/C28H28BrN7O/c29-23-13-11-22(12-14-23)28(37)34-33-26-24(30)27(32-19-31-26)36-17-15-35(16-18-36)25(20-7-3-1-4-8-20)21-9-5-2-6-10-21/h1-14,19,25H,15-18,30H2,(H,34,37)(H,31,32,33). The summed E-state index contributed by atoms with van der Waals surface area (Å²) >= 11 is 3.37. The lowest BCUT2D eigenvalue weighted by atomic mass is 9.96. The maximum absolute atomic E-state index is 12.5. The predicted molar refractivity (Wildman–Crippen MR) is 150 cm³/mol. The van der Waals surface area contributed by atoms with Crippen LogP contribution in [0, 0.1) is 0 Å². The molecule has 2 heterocycles. The molecule has 4 aromatic rings. The number of halogens is 1. The van der Waals surface area contributed by atoms with E-state index in [0.29, 0.717) is 22.9 Å². The van der Waals surface area contributed by atoms with Gasteiger partial charge in [0.05, 0.1) is 6.04 Å². The third-order valence-electron chi connectivity index (χ3n) is 6.47. The number of piperazine rings is 1. The molecule has 0 spiro atoms. The van der Waals surface area contributed by atoms with E-state index < -0.39 is 0 Å². The summed E-state index contributed by atoms with van der Waals surface area (Å²) in [5.41, 5.74) is 15.4. The Hall–Kier alpha value is -3.95. The Kier molecular flexibility index (Phi) is 7.62. The molecule has 9 heteroatoms. The Morgan fingerprint density at radius 1 is 0.838 bits per heavy atom. The van der Waals surface area contributed by atoms with Crippen LogP contribution in [0.2, 0.25) is 0 Å². The van der Waals surface area contributed by atoms with Gasteiger partial charge in [-0.3, -0.25) is 20.5 Å². The summed E-state index contributed by atoms with van der Waals surface area (Å²) in [6, 6.07) is 28.5. The van der Waals surface area contributed by atoms with Crippen molar-refractivity contribution in [2.75, 3.05) is 42.2 Å². The average Bonchev–Trinajstić information content (AvgIpc) is 2.94. The molecular weight excluding hydrogens is 530 g/mol. The van der Waals surface area contributed by atoms with Crippen molar-refractivity contribution in [3.8, 4) is 0 Å². The van der Waals surface area contributed by atoms with Crippen molar-refractivity contribution in [3.63, 3.8) is 0 Å². The van der Waals surface area contributed by atoms with E-state index in [4.69, 9.17) is 5.73 Å². The smallest absolute Gasteiger partial charge is 0.269 e. The SMILES string of the molecule is Nc1c(NNC(=O)c2ccc(Br)cc2)ncnc1N1CCN(C(c2ccccc2)c2ccccc2)CC1. The van der Waals surface area contributed by atoms with Crippen LogP contribution in [0.3, 0.4) is 0 Å². The lowest BCUT2D eigenvalue weighted by Gasteiger charge is -2.40. The number of carbonyl (C=O) groups excluding carboxylic acids is 1. The number of nitrogen functional groups attached to an aromatic ring is 1. The lowest BCUT2D eigenvalue weighted by molar-refractivity contribution is 0.0962. The monoisotopic (exact) mass is 557 g/mol. The quantitative estimate of drug-likeness (QED) is 0.288. The van der Waals surface area contributed by atoms with Gasteiger partial charge in [0.15, 0.2) is 11.6 Å². The van der Waals surface area contributed by atoms with Gasteiger partial charge in [0.25, 0.3) is 5.91 Å². The van der Waals surface area contributed by atoms with Gasteiger partial charge in [0.1, 0.15) is 12.0 Å². The van der Waals surface area contributed by atoms with Crippen molar-refractivity contribution < 1.29 is 4.79 Å². The fraction of sp³-hybridized carbons (Fsp3) is 0.179. The number of benzene rings is 3. The van der Waals surface area contributed by atoms with Crippen LogP contribution in [-0.4, -0.2) is 47.0 Å². The molecule has 0 aliphatic carbocycles. The number of nitrogens with zero attached hydrogens (tertiary/aromatic N) is 4. The molecule has 1 aliphatic rings. The number of carbonyl (C=O) groups is 1. The summed E-state index contributed by atoms with van der Waals surface area (Å²) in [5, 5.41) is 0. The molecular formula is C28H28BrN7O. The first-order chi connectivity index (χ1) is 18.1. The molecule has 5 rings (SSSR count). The molecule has 188 valence electrons. The average molecular weight is 558 g/mol. The Balaban J connectivity index is 1.27. The zero-order chi connectivity index (χ0) is 25.6. The first kappa shape index (κ1) is 24.7. The zero-order valence-corrected chi connectivity index (χ0v) is 21.8. The minimum atomic E-state index is -0.284. The fourth-order valence-corrected chi connectivity index (χ4v) is 4.87. The Morgan fingerprint density at radius 2 is 1.43 bits per heavy atom. The highest BCUT2D eigenvalue weighted by Crippen LogP contribution is 2.32. The maximum atomic E-state index is 12.5. The predicted octanol–water partition coefficient (Wildman–Crippen LogP) is 4.49. The van der Waals surface area contributed by atoms with Gasteiger partial charge in [0.2, 0.25) is 0 Å². The minimum Gasteiger partial charge on any atom is -0.393 e. The van der Waals surface area contributed by atoms with Crippen LogP contribution in [-0.2, 0) is 0 Å². The molecule has 3 aromatic carbocycles. The van der Waals surface area contributed by atoms with Crippen molar-refractivity contribution in [2.24, 2.45) is 0 Å². The second-order valence-corrected chi connectivity index (χ2v) is 9.71. The summed E-state index contributed by atoms with van der Waals surface area (Å²) in [6.45, 7) is 3.23. The topological polar surface area (TPSA) is 99.4 Å². The van der Waals surface area contributed by atoms with Crippen molar-refractivity contribution in [1.29, 1.82) is 0 Å². The summed E-state index contributed by atoms with van der Waals surface area (Å²) in [7, 11) is 0. The molecule has 0 bridgehead atoms. The number of nitrogens with one attached hydrogen (secondary N) is 2. The van der Waals surface area contributed by atoms with Gasteiger partial charge in [-0.15, -0.1) is 0 Å². The van der Waals surface area contributed by atoms with Gasteiger partial charge in [-0.2, -0.15) is 0 Å². The van der Waals surface area contributed by atoms with Gasteiger partial charge in [-0.1, -0.05) is 76.6 Å². The van der Waals surface area contributed by atoms with Crippen LogP contribution in [0.25, 0.3) is 0 Å². The number of anilines is 3. The van der Waals surface area contributed by atoms with Gasteiger partial charge < -0.3 is 10.6 Å². The fourth-order valence-electron chi connectivity index (χ4n) is 4.60. The molecule has 1 amide bonds. The third kappa shape index (κ3) is 5.73. The van der Waals surface area contributed by atoms with Crippen molar-refractivity contribution >= 4 is 39.2 Å². The van der Waals surface area contributed by atoms with E-state index in [0.717, 1.165) is 30.7 Å². The molecule has 0 radical (unpaired) electrons. The first-order valence-electron chi connectivity index (χ1n) is 12.1. The van der Waals surface area contributed by atoms with Crippen molar-refractivity contribution in [3.05, 3.63) is 112 Å². The maximum Gasteiger partial charge on any atom is 0.269 e. The lowest BCUT2D eigenvalue weighted by Crippen LogP contribution is -2.48. The number of nitrogens with two attached hydrogens (primary N) is 1. The molecule has 1 saturated heterocycles. The molecule has 4 N–H and O–H groups in total. The molecule has 1 fully saturated rings. The van der Waals surface area contributed by atoms with Crippen LogP contribution >= 0.6 is 15.9 Å². The number of aromatic nitrogens is 2. The Morgan fingerprint density at radius 3 is 2.03 bits per heavy atom. The van der Waals surface area contributed by atoms with E-state index in [-0.39, 0.29) is 11.9 Å². The van der Waals surface area contributed by atoms with Crippen LogP contribution in [0.5, 0.6) is 0 Å². The second-order valence-electron chi connectivity index (χ2n) is 8.79. The number of hydrogen-bond acceptors (Lipinski definition) is 7. The number of rotatable bonds is 7. The van der Waals surface area contributed by atoms with Gasteiger partial charge >= 0.3 is 0 Å². The molecule has 1 aromatic heterocycles. The highest BCUT2D eigenvalue weighted by molar-refractivity contribution is 9.10. The van der Waals surface area contributed by atoms with E-state index >= 15 is 0 Å². The van der Waals surface area contributed by atoms with Crippen molar-refractivity contribution in [1.82, 2.24) is 20.3 Å². The Bertz CT molecular complexity index is 1290. The van der Waals surface area contributed by atoms with E-state index in [1.165, 1.54) is 17.5 Å². The van der Waals surface area contributed by atoms with Gasteiger partial charge in [-0.05, 0) is 35.4 Å². The summed E-state index contributed by atoms with van der Waals surface area (Å²) in [6.07, 6.45) is 1.46. The second kappa shape index (κ2) is 11.4. The third-order valence-corrected chi connectivity index (χ3v) is 7.00. The molecule has 37 heavy (non-hydrogen) atoms. The molecule has 8 nitrogen and oxygen atoms in total. The van der Waals surface area contributed by atoms with Crippen LogP contribution in [0.15, 0.2) is 95.7 Å². The molecule has 0 saturated carbocycles. The van der Waals surface area contributed by atoms with Crippen LogP contribution < -0.4 is 21.5 Å². The number of hydrogen-bond donors (Lipinski definition) is 3. The normalized spacial score (nSPS) is 13.9.